The first-order chi connectivity index (χ1) is 6.68. The number of rotatable bonds is 2. The van der Waals surface area contributed by atoms with Crippen molar-refractivity contribution in [3.05, 3.63) is 46.1 Å². The average molecular weight is 256 g/mol. The Bertz CT molecular complexity index is 419. The summed E-state index contributed by atoms with van der Waals surface area (Å²) in [6, 6.07) is 3.62. The molecule has 0 saturated carbocycles. The molecule has 3 nitrogen and oxygen atoms in total. The Kier molecular flexibility index (Phi) is 2.48. The summed E-state index contributed by atoms with van der Waals surface area (Å²) in [7, 11) is 0. The summed E-state index contributed by atoms with van der Waals surface area (Å²) < 4.78 is 5.92. The first kappa shape index (κ1) is 9.55. The van der Waals surface area contributed by atoms with Crippen molar-refractivity contribution in [1.29, 1.82) is 0 Å². The number of aromatic amines is 1. The number of halogens is 1. The van der Waals surface area contributed by atoms with E-state index in [-0.39, 0.29) is 0 Å². The summed E-state index contributed by atoms with van der Waals surface area (Å²) in [5.41, 5.74) is 1.62. The van der Waals surface area contributed by atoms with E-state index in [1.807, 2.05) is 13.0 Å². The molecule has 4 heteroatoms. The molecule has 2 aromatic heterocycles. The lowest BCUT2D eigenvalue weighted by Crippen LogP contribution is -1.97. The van der Waals surface area contributed by atoms with Gasteiger partial charge in [-0.25, -0.2) is 0 Å². The average Bonchev–Trinajstić information content (AvgIpc) is 2.73. The van der Waals surface area contributed by atoms with Crippen LogP contribution in [0.4, 0.5) is 0 Å². The second kappa shape index (κ2) is 3.63. The third-order valence-electron chi connectivity index (χ3n) is 2.16. The second-order valence-electron chi connectivity index (χ2n) is 3.11. The van der Waals surface area contributed by atoms with Crippen LogP contribution in [0.25, 0.3) is 0 Å². The lowest BCUT2D eigenvalue weighted by Gasteiger charge is -2.06. The summed E-state index contributed by atoms with van der Waals surface area (Å²) >= 11 is 3.23. The Morgan fingerprint density at radius 1 is 1.57 bits per heavy atom. The SMILES string of the molecule is Cc1oc(Br)cc1C(O)c1cc[nH]c1. The van der Waals surface area contributed by atoms with Crippen molar-refractivity contribution >= 4 is 15.9 Å². The summed E-state index contributed by atoms with van der Waals surface area (Å²) in [5, 5.41) is 9.97. The van der Waals surface area contributed by atoms with Crippen LogP contribution in [0.15, 0.2) is 33.6 Å². The van der Waals surface area contributed by atoms with E-state index >= 15 is 0 Å². The third kappa shape index (κ3) is 1.63. The van der Waals surface area contributed by atoms with Crippen molar-refractivity contribution < 1.29 is 9.52 Å². The Balaban J connectivity index is 2.36. The molecule has 0 bridgehead atoms. The molecule has 0 aliphatic rings. The number of aromatic nitrogens is 1. The smallest absolute Gasteiger partial charge is 0.169 e. The molecule has 2 aromatic rings. The quantitative estimate of drug-likeness (QED) is 0.867. The van der Waals surface area contributed by atoms with Gasteiger partial charge in [0.05, 0.1) is 0 Å². The molecule has 0 fully saturated rings. The zero-order valence-corrected chi connectivity index (χ0v) is 9.21. The van der Waals surface area contributed by atoms with Gasteiger partial charge in [0, 0.05) is 23.5 Å². The molecular weight excluding hydrogens is 246 g/mol. The van der Waals surface area contributed by atoms with E-state index in [4.69, 9.17) is 4.42 Å². The molecule has 0 radical (unpaired) electrons. The minimum absolute atomic E-state index is 0.628. The molecule has 0 amide bonds. The van der Waals surface area contributed by atoms with Crippen LogP contribution in [0, 0.1) is 6.92 Å². The molecular formula is C10H10BrNO2. The first-order valence-electron chi connectivity index (χ1n) is 4.25. The number of aliphatic hydroxyl groups excluding tert-OH is 1. The van der Waals surface area contributed by atoms with Crippen LogP contribution in [0.3, 0.4) is 0 Å². The monoisotopic (exact) mass is 255 g/mol. The Labute approximate surface area is 89.9 Å². The fourth-order valence-electron chi connectivity index (χ4n) is 1.42. The normalized spacial score (nSPS) is 13.1. The molecule has 0 saturated heterocycles. The van der Waals surface area contributed by atoms with Crippen LogP contribution in [0.2, 0.25) is 0 Å². The highest BCUT2D eigenvalue weighted by molar-refractivity contribution is 9.10. The summed E-state index contributed by atoms with van der Waals surface area (Å²) in [4.78, 5) is 2.90. The molecule has 0 spiro atoms. The van der Waals surface area contributed by atoms with Gasteiger partial charge in [-0.05, 0) is 35.0 Å². The molecule has 14 heavy (non-hydrogen) atoms. The second-order valence-corrected chi connectivity index (χ2v) is 3.89. The topological polar surface area (TPSA) is 49.2 Å². The molecule has 2 N–H and O–H groups in total. The van der Waals surface area contributed by atoms with Gasteiger partial charge in [-0.2, -0.15) is 0 Å². The Hall–Kier alpha value is -1.00. The van der Waals surface area contributed by atoms with Gasteiger partial charge in [-0.15, -0.1) is 0 Å². The molecule has 0 aliphatic heterocycles. The molecule has 0 aromatic carbocycles. The van der Waals surface area contributed by atoms with E-state index in [1.165, 1.54) is 0 Å². The van der Waals surface area contributed by atoms with Crippen molar-refractivity contribution in [1.82, 2.24) is 4.98 Å². The lowest BCUT2D eigenvalue weighted by atomic mass is 10.1. The molecule has 2 rings (SSSR count). The zero-order chi connectivity index (χ0) is 10.1. The number of nitrogens with one attached hydrogen (secondary N) is 1. The van der Waals surface area contributed by atoms with E-state index in [0.717, 1.165) is 16.9 Å². The Morgan fingerprint density at radius 2 is 2.36 bits per heavy atom. The highest BCUT2D eigenvalue weighted by Gasteiger charge is 2.16. The van der Waals surface area contributed by atoms with E-state index in [9.17, 15) is 5.11 Å². The van der Waals surface area contributed by atoms with Gasteiger partial charge < -0.3 is 14.5 Å². The van der Waals surface area contributed by atoms with Crippen molar-refractivity contribution in [3.8, 4) is 0 Å². The van der Waals surface area contributed by atoms with Crippen LogP contribution in [0.5, 0.6) is 0 Å². The van der Waals surface area contributed by atoms with Gasteiger partial charge in [0.2, 0.25) is 0 Å². The first-order valence-corrected chi connectivity index (χ1v) is 5.04. The molecule has 74 valence electrons. The fraction of sp³-hybridized carbons (Fsp3) is 0.200. The maximum atomic E-state index is 9.97. The zero-order valence-electron chi connectivity index (χ0n) is 7.62. The maximum absolute atomic E-state index is 9.97. The summed E-state index contributed by atoms with van der Waals surface area (Å²) in [6.07, 6.45) is 2.92. The lowest BCUT2D eigenvalue weighted by molar-refractivity contribution is 0.218. The predicted octanol–water partition coefficient (Wildman–Crippen LogP) is 2.76. The minimum Gasteiger partial charge on any atom is -0.454 e. The van der Waals surface area contributed by atoms with E-state index < -0.39 is 6.10 Å². The van der Waals surface area contributed by atoms with Crippen LogP contribution < -0.4 is 0 Å². The number of H-pyrrole nitrogens is 1. The Morgan fingerprint density at radius 3 is 2.86 bits per heavy atom. The van der Waals surface area contributed by atoms with Gasteiger partial charge in [-0.1, -0.05) is 0 Å². The van der Waals surface area contributed by atoms with E-state index in [0.29, 0.717) is 4.67 Å². The maximum Gasteiger partial charge on any atom is 0.169 e. The van der Waals surface area contributed by atoms with Gasteiger partial charge in [-0.3, -0.25) is 0 Å². The van der Waals surface area contributed by atoms with Gasteiger partial charge >= 0.3 is 0 Å². The number of aryl methyl sites for hydroxylation is 1. The van der Waals surface area contributed by atoms with E-state index in [2.05, 4.69) is 20.9 Å². The van der Waals surface area contributed by atoms with Crippen molar-refractivity contribution in [2.75, 3.05) is 0 Å². The van der Waals surface area contributed by atoms with Gasteiger partial charge in [0.1, 0.15) is 11.9 Å². The standard InChI is InChI=1S/C10H10BrNO2/c1-6-8(4-9(11)14-6)10(13)7-2-3-12-5-7/h2-5,10,12-13H,1H3. The minimum atomic E-state index is -0.628. The predicted molar refractivity (Wildman–Crippen MR) is 56.0 cm³/mol. The highest BCUT2D eigenvalue weighted by atomic mass is 79.9. The number of hydrogen-bond donors (Lipinski definition) is 2. The summed E-state index contributed by atoms with van der Waals surface area (Å²) in [6.45, 7) is 1.83. The molecule has 0 aliphatic carbocycles. The largest absolute Gasteiger partial charge is 0.454 e. The van der Waals surface area contributed by atoms with Gasteiger partial charge in [0.25, 0.3) is 0 Å². The van der Waals surface area contributed by atoms with Gasteiger partial charge in [0.15, 0.2) is 4.67 Å². The number of hydrogen-bond acceptors (Lipinski definition) is 2. The molecule has 1 unspecified atom stereocenters. The molecule has 2 heterocycles. The van der Waals surface area contributed by atoms with Crippen LogP contribution in [-0.4, -0.2) is 10.1 Å². The van der Waals surface area contributed by atoms with E-state index in [1.54, 1.807) is 18.5 Å². The fourth-order valence-corrected chi connectivity index (χ4v) is 1.91. The third-order valence-corrected chi connectivity index (χ3v) is 2.55. The van der Waals surface area contributed by atoms with Crippen LogP contribution in [0.1, 0.15) is 23.0 Å². The van der Waals surface area contributed by atoms with Crippen LogP contribution in [-0.2, 0) is 0 Å². The van der Waals surface area contributed by atoms with Crippen molar-refractivity contribution in [3.63, 3.8) is 0 Å². The van der Waals surface area contributed by atoms with Crippen molar-refractivity contribution in [2.24, 2.45) is 0 Å². The number of furan rings is 1. The molecule has 1 atom stereocenters. The highest BCUT2D eigenvalue weighted by Crippen LogP contribution is 2.29. The van der Waals surface area contributed by atoms with Crippen molar-refractivity contribution in [2.45, 2.75) is 13.0 Å². The summed E-state index contributed by atoms with van der Waals surface area (Å²) in [5.74, 6) is 0.727. The number of aliphatic hydroxyl groups is 1. The van der Waals surface area contributed by atoms with Crippen LogP contribution >= 0.6 is 15.9 Å².